The van der Waals surface area contributed by atoms with Gasteiger partial charge in [-0.05, 0) is 70.4 Å². The fourth-order valence-corrected chi connectivity index (χ4v) is 7.57. The van der Waals surface area contributed by atoms with E-state index in [1.807, 2.05) is 57.2 Å². The van der Waals surface area contributed by atoms with E-state index in [9.17, 15) is 4.79 Å². The first-order valence-electron chi connectivity index (χ1n) is 20.7. The number of aromatic nitrogens is 4. The number of nitrogens with one attached hydrogen (secondary N) is 3. The van der Waals surface area contributed by atoms with Gasteiger partial charge < -0.3 is 54.8 Å². The molecule has 0 bridgehead atoms. The van der Waals surface area contributed by atoms with E-state index in [2.05, 4.69) is 60.6 Å². The maximum Gasteiger partial charge on any atom is 0.407 e. The van der Waals surface area contributed by atoms with Gasteiger partial charge in [0, 0.05) is 68.7 Å². The highest BCUT2D eigenvalue weighted by atomic mass is 16.6. The summed E-state index contributed by atoms with van der Waals surface area (Å²) >= 11 is 0. The predicted molar refractivity (Wildman–Crippen MR) is 233 cm³/mol. The zero-order chi connectivity index (χ0) is 43.9. The predicted octanol–water partition coefficient (Wildman–Crippen LogP) is 5.86. The molecule has 332 valence electrons. The van der Waals surface area contributed by atoms with Crippen LogP contribution in [0.15, 0.2) is 60.7 Å². The first-order chi connectivity index (χ1) is 29.4. The standard InChI is InChI=1S/C25H36N4O5.C20H28N4O3/c1-25(2,3)34-24(30)27-20-13-18(11-12-21(20)31-4)26-15-16-7-9-17(10-8-16)19-14-22(32-5)23(33-6)29-28-19;1-25-18-9-8-15(10-16(18)21)22-12-13-4-6-14(7-5-13)17-11-19(26-2)20(27-3)24-23-17/h7-10,14,18,20-21,26H,11-13,15H2,1-6H3,(H,27,30);4-7,11,15-16,18,22H,8-10,12,21H2,1-3H3/t18-,20-,21-;15-,16-,18-/m00/s1. The van der Waals surface area contributed by atoms with Crippen LogP contribution in [0, 0.1) is 0 Å². The van der Waals surface area contributed by atoms with Crippen molar-refractivity contribution in [3.8, 4) is 45.8 Å². The molecule has 2 aliphatic rings. The van der Waals surface area contributed by atoms with Crippen molar-refractivity contribution in [3.63, 3.8) is 0 Å². The number of benzene rings is 2. The van der Waals surface area contributed by atoms with Crippen molar-refractivity contribution >= 4 is 6.09 Å². The highest BCUT2D eigenvalue weighted by Gasteiger charge is 2.33. The number of alkyl carbamates (subject to hydrolysis) is 1. The number of carbonyl (C=O) groups is 1. The van der Waals surface area contributed by atoms with Crippen LogP contribution in [-0.2, 0) is 27.3 Å². The van der Waals surface area contributed by atoms with Crippen LogP contribution < -0.4 is 40.6 Å². The smallest absolute Gasteiger partial charge is 0.407 e. The second kappa shape index (κ2) is 22.6. The summed E-state index contributed by atoms with van der Waals surface area (Å²) in [6.07, 6.45) is 5.41. The van der Waals surface area contributed by atoms with Gasteiger partial charge in [0.2, 0.25) is 0 Å². The van der Waals surface area contributed by atoms with Crippen molar-refractivity contribution in [2.45, 2.75) is 114 Å². The quantitative estimate of drug-likeness (QED) is 0.111. The molecule has 16 nitrogen and oxygen atoms in total. The Kier molecular flexibility index (Phi) is 17.4. The van der Waals surface area contributed by atoms with Crippen LogP contribution in [0.4, 0.5) is 4.79 Å². The Morgan fingerprint density at radius 3 is 1.51 bits per heavy atom. The van der Waals surface area contributed by atoms with Crippen LogP contribution in [0.2, 0.25) is 0 Å². The van der Waals surface area contributed by atoms with Gasteiger partial charge in [-0.25, -0.2) is 4.79 Å². The van der Waals surface area contributed by atoms with Gasteiger partial charge in [0.15, 0.2) is 11.5 Å². The Balaban J connectivity index is 0.000000237. The zero-order valence-electron chi connectivity index (χ0n) is 37.0. The fraction of sp³-hybridized carbons (Fsp3) is 0.533. The molecule has 2 heterocycles. The molecule has 6 atom stereocenters. The lowest BCUT2D eigenvalue weighted by molar-refractivity contribution is 0.0161. The highest BCUT2D eigenvalue weighted by Crippen LogP contribution is 2.30. The van der Waals surface area contributed by atoms with Crippen molar-refractivity contribution in [1.29, 1.82) is 0 Å². The topological polar surface area (TPSA) is 195 Å². The summed E-state index contributed by atoms with van der Waals surface area (Å²) < 4.78 is 37.4. The van der Waals surface area contributed by atoms with E-state index in [-0.39, 0.29) is 30.3 Å². The maximum atomic E-state index is 12.3. The van der Waals surface area contributed by atoms with E-state index in [4.69, 9.17) is 38.9 Å². The lowest BCUT2D eigenvalue weighted by atomic mass is 9.88. The molecule has 61 heavy (non-hydrogen) atoms. The molecule has 0 aliphatic heterocycles. The molecule has 2 aromatic heterocycles. The van der Waals surface area contributed by atoms with Gasteiger partial charge in [-0.3, -0.25) is 0 Å². The molecule has 4 aromatic rings. The molecule has 2 saturated carbocycles. The third-order valence-corrected chi connectivity index (χ3v) is 10.9. The summed E-state index contributed by atoms with van der Waals surface area (Å²) in [5.41, 5.74) is 11.4. The lowest BCUT2D eigenvalue weighted by Crippen LogP contribution is -2.52. The zero-order valence-corrected chi connectivity index (χ0v) is 37.0. The van der Waals surface area contributed by atoms with Crippen molar-refractivity contribution in [3.05, 3.63) is 71.8 Å². The molecule has 0 unspecified atom stereocenters. The van der Waals surface area contributed by atoms with Crippen LogP contribution in [0.25, 0.3) is 22.5 Å². The van der Waals surface area contributed by atoms with Crippen molar-refractivity contribution in [2.75, 3.05) is 42.7 Å². The Labute approximate surface area is 359 Å². The number of hydrogen-bond donors (Lipinski definition) is 4. The summed E-state index contributed by atoms with van der Waals surface area (Å²) in [5, 5.41) is 26.8. The van der Waals surface area contributed by atoms with Gasteiger partial charge in [-0.1, -0.05) is 48.5 Å². The number of amides is 1. The average molecular weight is 845 g/mol. The van der Waals surface area contributed by atoms with Gasteiger partial charge in [0.05, 0.1) is 58.1 Å². The minimum atomic E-state index is -0.534. The molecule has 0 radical (unpaired) electrons. The first kappa shape index (κ1) is 46.9. The van der Waals surface area contributed by atoms with E-state index in [1.165, 1.54) is 12.7 Å². The number of ether oxygens (including phenoxy) is 7. The molecule has 2 fully saturated rings. The Hall–Kier alpha value is -5.13. The third-order valence-electron chi connectivity index (χ3n) is 10.9. The molecule has 0 saturated heterocycles. The van der Waals surface area contributed by atoms with E-state index in [1.54, 1.807) is 35.5 Å². The molecule has 0 spiro atoms. The minimum absolute atomic E-state index is 0.0209. The Morgan fingerprint density at radius 1 is 0.639 bits per heavy atom. The fourth-order valence-electron chi connectivity index (χ4n) is 7.57. The minimum Gasteiger partial charge on any atom is -0.491 e. The number of nitrogens with two attached hydrogens (primary N) is 1. The van der Waals surface area contributed by atoms with Gasteiger partial charge in [0.25, 0.3) is 11.8 Å². The molecule has 6 rings (SSSR count). The van der Waals surface area contributed by atoms with E-state index in [0.717, 1.165) is 74.0 Å². The maximum absolute atomic E-state index is 12.3. The summed E-state index contributed by atoms with van der Waals surface area (Å²) in [7, 11) is 9.67. The molecule has 1 amide bonds. The van der Waals surface area contributed by atoms with Gasteiger partial charge in [-0.15, -0.1) is 20.4 Å². The van der Waals surface area contributed by atoms with Crippen LogP contribution >= 0.6 is 0 Å². The summed E-state index contributed by atoms with van der Waals surface area (Å²) in [6, 6.07) is 20.8. The van der Waals surface area contributed by atoms with Crippen molar-refractivity contribution in [1.82, 2.24) is 36.3 Å². The van der Waals surface area contributed by atoms with Crippen molar-refractivity contribution < 1.29 is 38.0 Å². The largest absolute Gasteiger partial charge is 0.491 e. The first-order valence-corrected chi connectivity index (χ1v) is 20.7. The van der Waals surface area contributed by atoms with E-state index < -0.39 is 11.7 Å². The summed E-state index contributed by atoms with van der Waals surface area (Å²) in [5.74, 6) is 1.84. The van der Waals surface area contributed by atoms with E-state index >= 15 is 0 Å². The summed E-state index contributed by atoms with van der Waals surface area (Å²) in [4.78, 5) is 12.3. The molecule has 5 N–H and O–H groups in total. The number of hydrogen-bond acceptors (Lipinski definition) is 15. The van der Waals surface area contributed by atoms with Gasteiger partial charge in [0.1, 0.15) is 5.60 Å². The number of carbonyl (C=O) groups excluding carboxylic acids is 1. The summed E-state index contributed by atoms with van der Waals surface area (Å²) in [6.45, 7) is 7.10. The normalized spacial score (nSPS) is 21.3. The molecule has 16 heteroatoms. The Morgan fingerprint density at radius 2 is 1.10 bits per heavy atom. The van der Waals surface area contributed by atoms with Crippen LogP contribution in [0.3, 0.4) is 0 Å². The molecule has 2 aromatic carbocycles. The second-order valence-electron chi connectivity index (χ2n) is 16.3. The lowest BCUT2D eigenvalue weighted by Gasteiger charge is -2.36. The average Bonchev–Trinajstić information content (AvgIpc) is 3.27. The SMILES string of the molecule is COc1cc(-c2ccc(CN[C@H]3CC[C@H](OC)[C@@H](N)C3)cc2)nnc1OC.COc1cc(-c2ccc(CN[C@H]3CC[C@H](OC)[C@@H](NC(=O)OC(C)(C)C)C3)cc2)nnc1OC. The molecular formula is C45H64N8O8. The van der Waals surface area contributed by atoms with Crippen LogP contribution in [0.5, 0.6) is 23.3 Å². The highest BCUT2D eigenvalue weighted by molar-refractivity contribution is 5.68. The van der Waals surface area contributed by atoms with Gasteiger partial charge >= 0.3 is 6.09 Å². The van der Waals surface area contributed by atoms with Crippen molar-refractivity contribution in [2.24, 2.45) is 5.73 Å². The third kappa shape index (κ3) is 13.7. The number of rotatable bonds is 15. The monoisotopic (exact) mass is 844 g/mol. The second-order valence-corrected chi connectivity index (χ2v) is 16.3. The molecular weight excluding hydrogens is 781 g/mol. The van der Waals surface area contributed by atoms with Crippen LogP contribution in [0.1, 0.15) is 70.4 Å². The van der Waals surface area contributed by atoms with Gasteiger partial charge in [-0.2, -0.15) is 0 Å². The molecule has 2 aliphatic carbocycles. The Bertz CT molecular complexity index is 1960. The van der Waals surface area contributed by atoms with E-state index in [0.29, 0.717) is 35.0 Å². The number of nitrogens with zero attached hydrogens (tertiary/aromatic N) is 4. The van der Waals surface area contributed by atoms with Crippen LogP contribution in [-0.4, -0.2) is 111 Å². The number of methoxy groups -OCH3 is 6.